The van der Waals surface area contributed by atoms with Gasteiger partial charge in [0.1, 0.15) is 11.8 Å². The molecule has 1 N–H and O–H groups in total. The Morgan fingerprint density at radius 2 is 1.32 bits per heavy atom. The number of halogens is 1. The highest BCUT2D eigenvalue weighted by Gasteiger charge is 2.30. The molecule has 0 heterocycles. The Morgan fingerprint density at radius 1 is 0.816 bits per heavy atom. The highest BCUT2D eigenvalue weighted by atomic mass is 35.5. The van der Waals surface area contributed by atoms with Crippen LogP contribution >= 0.6 is 11.6 Å². The number of benzene rings is 4. The second kappa shape index (κ2) is 12.7. The van der Waals surface area contributed by atoms with Crippen molar-refractivity contribution in [2.45, 2.75) is 30.4 Å². The number of nitrogens with one attached hydrogen (secondary N) is 1. The van der Waals surface area contributed by atoms with Gasteiger partial charge in [0.05, 0.1) is 17.0 Å². The van der Waals surface area contributed by atoms with E-state index >= 15 is 0 Å². The molecule has 4 aromatic carbocycles. The summed E-state index contributed by atoms with van der Waals surface area (Å²) in [5.74, 6) is 0.0316. The van der Waals surface area contributed by atoms with E-state index in [1.54, 1.807) is 4.90 Å². The summed E-state index contributed by atoms with van der Waals surface area (Å²) < 4.78 is 34.7. The summed E-state index contributed by atoms with van der Waals surface area (Å²) >= 11 is 6.20. The van der Waals surface area contributed by atoms with Crippen molar-refractivity contribution in [2.75, 3.05) is 7.11 Å². The van der Waals surface area contributed by atoms with Gasteiger partial charge in [0.15, 0.2) is 0 Å². The maximum Gasteiger partial charge on any atom is 0.241 e. The SMILES string of the molecule is COc1ccc(S(=O)(=O)NC(Cc2ccccc2)C(=O)N(Cc2ccccc2)Cc2ccccc2)cc1Cl. The van der Waals surface area contributed by atoms with Gasteiger partial charge in [-0.3, -0.25) is 4.79 Å². The van der Waals surface area contributed by atoms with Crippen molar-refractivity contribution >= 4 is 27.5 Å². The standard InChI is InChI=1S/C30H29ClN2O4S/c1-37-29-18-17-26(20-27(29)31)38(35,36)32-28(19-23-11-5-2-6-12-23)30(34)33(21-24-13-7-3-8-14-24)22-25-15-9-4-10-16-25/h2-18,20,28,32H,19,21-22H2,1H3. The number of hydrogen-bond acceptors (Lipinski definition) is 4. The Labute approximate surface area is 228 Å². The van der Waals surface area contributed by atoms with Crippen LogP contribution in [0, 0.1) is 0 Å². The van der Waals surface area contributed by atoms with Crippen molar-refractivity contribution < 1.29 is 17.9 Å². The van der Waals surface area contributed by atoms with Gasteiger partial charge in [-0.25, -0.2) is 8.42 Å². The van der Waals surface area contributed by atoms with Crippen molar-refractivity contribution in [1.29, 1.82) is 0 Å². The van der Waals surface area contributed by atoms with E-state index in [4.69, 9.17) is 16.3 Å². The molecular formula is C30H29ClN2O4S. The maximum absolute atomic E-state index is 14.1. The van der Waals surface area contributed by atoms with Crippen LogP contribution in [0.25, 0.3) is 0 Å². The lowest BCUT2D eigenvalue weighted by Gasteiger charge is -2.28. The quantitative estimate of drug-likeness (QED) is 0.270. The fraction of sp³-hybridized carbons (Fsp3) is 0.167. The zero-order valence-corrected chi connectivity index (χ0v) is 22.5. The first-order valence-corrected chi connectivity index (χ1v) is 14.0. The van der Waals surface area contributed by atoms with E-state index in [9.17, 15) is 13.2 Å². The molecule has 0 aromatic heterocycles. The third-order valence-corrected chi connectivity index (χ3v) is 7.82. The molecule has 0 saturated heterocycles. The van der Waals surface area contributed by atoms with Crippen LogP contribution in [0.1, 0.15) is 16.7 Å². The van der Waals surface area contributed by atoms with E-state index in [0.717, 1.165) is 16.7 Å². The summed E-state index contributed by atoms with van der Waals surface area (Å²) in [5, 5.41) is 0.163. The molecule has 6 nitrogen and oxygen atoms in total. The molecule has 0 spiro atoms. The zero-order valence-electron chi connectivity index (χ0n) is 21.0. The van der Waals surface area contributed by atoms with Crippen molar-refractivity contribution in [3.8, 4) is 5.75 Å². The highest BCUT2D eigenvalue weighted by Crippen LogP contribution is 2.27. The molecule has 0 fully saturated rings. The van der Waals surface area contributed by atoms with E-state index in [2.05, 4.69) is 4.72 Å². The summed E-state index contributed by atoms with van der Waals surface area (Å²) in [6.07, 6.45) is 0.183. The summed E-state index contributed by atoms with van der Waals surface area (Å²) in [7, 11) is -2.63. The van der Waals surface area contributed by atoms with Gasteiger partial charge >= 0.3 is 0 Å². The van der Waals surface area contributed by atoms with E-state index in [-0.39, 0.29) is 22.2 Å². The van der Waals surface area contributed by atoms with E-state index < -0.39 is 16.1 Å². The van der Waals surface area contributed by atoms with Gasteiger partial charge in [0.25, 0.3) is 0 Å². The molecule has 1 amide bonds. The van der Waals surface area contributed by atoms with Crippen LogP contribution in [0.2, 0.25) is 5.02 Å². The first-order valence-electron chi connectivity index (χ1n) is 12.1. The number of carbonyl (C=O) groups excluding carboxylic acids is 1. The minimum absolute atomic E-state index is 0.0492. The second-order valence-electron chi connectivity index (χ2n) is 8.83. The third-order valence-electron chi connectivity index (χ3n) is 6.06. The lowest BCUT2D eigenvalue weighted by Crippen LogP contribution is -2.49. The molecule has 4 rings (SSSR count). The number of amides is 1. The van der Waals surface area contributed by atoms with E-state index in [1.165, 1.54) is 25.3 Å². The largest absolute Gasteiger partial charge is 0.495 e. The lowest BCUT2D eigenvalue weighted by atomic mass is 10.0. The predicted molar refractivity (Wildman–Crippen MR) is 149 cm³/mol. The second-order valence-corrected chi connectivity index (χ2v) is 10.9. The summed E-state index contributed by atoms with van der Waals surface area (Å²) in [5.41, 5.74) is 2.72. The Balaban J connectivity index is 1.68. The van der Waals surface area contributed by atoms with Gasteiger partial charge in [0.2, 0.25) is 15.9 Å². The molecule has 1 atom stereocenters. The topological polar surface area (TPSA) is 75.7 Å². The van der Waals surface area contributed by atoms with Crippen molar-refractivity contribution in [1.82, 2.24) is 9.62 Å². The van der Waals surface area contributed by atoms with Gasteiger partial charge in [-0.15, -0.1) is 0 Å². The first kappa shape index (κ1) is 27.4. The smallest absolute Gasteiger partial charge is 0.241 e. The number of methoxy groups -OCH3 is 1. The molecule has 0 aliphatic heterocycles. The van der Waals surface area contributed by atoms with Crippen LogP contribution in [-0.2, 0) is 34.3 Å². The Hall–Kier alpha value is -3.65. The Morgan fingerprint density at radius 3 is 1.79 bits per heavy atom. The number of carbonyl (C=O) groups is 1. The number of nitrogens with zero attached hydrogens (tertiary/aromatic N) is 1. The zero-order chi connectivity index (χ0) is 27.0. The maximum atomic E-state index is 14.1. The molecule has 38 heavy (non-hydrogen) atoms. The fourth-order valence-electron chi connectivity index (χ4n) is 4.14. The van der Waals surface area contributed by atoms with Crippen LogP contribution in [0.5, 0.6) is 5.75 Å². The number of rotatable bonds is 11. The van der Waals surface area contributed by atoms with Gasteiger partial charge in [0, 0.05) is 13.1 Å². The fourth-order valence-corrected chi connectivity index (χ4v) is 5.68. The van der Waals surface area contributed by atoms with Gasteiger partial charge in [-0.05, 0) is 41.3 Å². The van der Waals surface area contributed by atoms with E-state index in [0.29, 0.717) is 18.8 Å². The van der Waals surface area contributed by atoms with Gasteiger partial charge < -0.3 is 9.64 Å². The predicted octanol–water partition coefficient (Wildman–Crippen LogP) is 5.47. The van der Waals surface area contributed by atoms with Crippen LogP contribution in [-0.4, -0.2) is 32.4 Å². The molecule has 0 aliphatic carbocycles. The molecule has 1 unspecified atom stereocenters. The summed E-state index contributed by atoms with van der Waals surface area (Å²) in [4.78, 5) is 15.7. The number of hydrogen-bond donors (Lipinski definition) is 1. The molecular weight excluding hydrogens is 520 g/mol. The number of ether oxygens (including phenoxy) is 1. The third kappa shape index (κ3) is 7.22. The lowest BCUT2D eigenvalue weighted by molar-refractivity contribution is -0.134. The minimum Gasteiger partial charge on any atom is -0.495 e. The molecule has 0 radical (unpaired) electrons. The average molecular weight is 549 g/mol. The van der Waals surface area contributed by atoms with Crippen LogP contribution in [0.4, 0.5) is 0 Å². The monoisotopic (exact) mass is 548 g/mol. The Bertz CT molecular complexity index is 1410. The summed E-state index contributed by atoms with van der Waals surface area (Å²) in [6, 6.07) is 31.8. The minimum atomic E-state index is -4.09. The molecule has 196 valence electrons. The Kier molecular flexibility index (Phi) is 9.18. The van der Waals surface area contributed by atoms with E-state index in [1.807, 2.05) is 91.0 Å². The molecule has 0 bridgehead atoms. The van der Waals surface area contributed by atoms with Crippen molar-refractivity contribution in [3.63, 3.8) is 0 Å². The first-order chi connectivity index (χ1) is 18.4. The van der Waals surface area contributed by atoms with Gasteiger partial charge in [-0.1, -0.05) is 103 Å². The van der Waals surface area contributed by atoms with Crippen molar-refractivity contribution in [3.05, 3.63) is 131 Å². The molecule has 0 aliphatic rings. The molecule has 4 aromatic rings. The van der Waals surface area contributed by atoms with Crippen LogP contribution in [0.15, 0.2) is 114 Å². The van der Waals surface area contributed by atoms with Gasteiger partial charge in [-0.2, -0.15) is 4.72 Å². The number of sulfonamides is 1. The summed E-state index contributed by atoms with van der Waals surface area (Å²) in [6.45, 7) is 0.659. The molecule has 0 saturated carbocycles. The average Bonchev–Trinajstić information content (AvgIpc) is 2.93. The molecule has 8 heteroatoms. The van der Waals surface area contributed by atoms with Crippen LogP contribution in [0.3, 0.4) is 0 Å². The normalized spacial score (nSPS) is 12.1. The van der Waals surface area contributed by atoms with Crippen molar-refractivity contribution in [2.24, 2.45) is 0 Å². The highest BCUT2D eigenvalue weighted by molar-refractivity contribution is 7.89. The van der Waals surface area contributed by atoms with Crippen LogP contribution < -0.4 is 9.46 Å².